The van der Waals surface area contributed by atoms with Gasteiger partial charge in [0.25, 0.3) is 11.2 Å². The van der Waals surface area contributed by atoms with Crippen LogP contribution in [0, 0.1) is 20.6 Å². The zero-order chi connectivity index (χ0) is 14.9. The molecule has 0 aliphatic rings. The third-order valence-corrected chi connectivity index (χ3v) is 4.28. The highest BCUT2D eigenvalue weighted by molar-refractivity contribution is 14.1. The summed E-state index contributed by atoms with van der Waals surface area (Å²) in [4.78, 5) is 26.4. The molecule has 2 rings (SSSR count). The molecule has 0 radical (unpaired) electrons. The Bertz CT molecular complexity index is 745. The maximum absolute atomic E-state index is 12.0. The van der Waals surface area contributed by atoms with Gasteiger partial charge in [0.15, 0.2) is 0 Å². The second-order valence-electron chi connectivity index (χ2n) is 4.12. The number of hydrogen-bond donors (Lipinski definition) is 0. The van der Waals surface area contributed by atoms with Crippen molar-refractivity contribution < 1.29 is 4.92 Å². The summed E-state index contributed by atoms with van der Waals surface area (Å²) in [6.07, 6.45) is 1.43. The van der Waals surface area contributed by atoms with Gasteiger partial charge in [-0.3, -0.25) is 19.5 Å². The van der Waals surface area contributed by atoms with Gasteiger partial charge in [0.05, 0.1) is 27.1 Å². The zero-order valence-corrected chi connectivity index (χ0v) is 13.3. The van der Waals surface area contributed by atoms with E-state index in [1.165, 1.54) is 23.0 Å². The number of rotatable bonds is 3. The van der Waals surface area contributed by atoms with E-state index >= 15 is 0 Å². The van der Waals surface area contributed by atoms with E-state index in [1.54, 1.807) is 13.0 Å². The fourth-order valence-corrected chi connectivity index (χ4v) is 2.29. The number of halogens is 2. The molecule has 0 aliphatic heterocycles. The fraction of sp³-hybridized carbons (Fsp3) is 0.167. The van der Waals surface area contributed by atoms with E-state index in [0.717, 1.165) is 0 Å². The van der Waals surface area contributed by atoms with Gasteiger partial charge >= 0.3 is 0 Å². The SMILES string of the molecule is Cc1ncn(Cc2ccc(Cl)c([N+](=O)[O-])c2)c(=O)c1I. The number of nitrogens with zero attached hydrogens (tertiary/aromatic N) is 3. The monoisotopic (exact) mass is 405 g/mol. The van der Waals surface area contributed by atoms with Crippen molar-refractivity contribution in [1.29, 1.82) is 0 Å². The quantitative estimate of drug-likeness (QED) is 0.447. The normalized spacial score (nSPS) is 10.6. The van der Waals surface area contributed by atoms with E-state index < -0.39 is 4.92 Å². The molecular weight excluding hydrogens is 397 g/mol. The molecular formula is C12H9ClIN3O3. The Kier molecular flexibility index (Phi) is 4.39. The minimum Gasteiger partial charge on any atom is -0.294 e. The molecule has 104 valence electrons. The van der Waals surface area contributed by atoms with E-state index in [2.05, 4.69) is 4.98 Å². The molecule has 2 aromatic rings. The summed E-state index contributed by atoms with van der Waals surface area (Å²) in [6, 6.07) is 4.46. The lowest BCUT2D eigenvalue weighted by atomic mass is 10.2. The van der Waals surface area contributed by atoms with Crippen molar-refractivity contribution in [2.45, 2.75) is 13.5 Å². The first-order valence-electron chi connectivity index (χ1n) is 5.54. The Morgan fingerprint density at radius 1 is 1.50 bits per heavy atom. The molecule has 1 aromatic carbocycles. The molecule has 0 bridgehead atoms. The van der Waals surface area contributed by atoms with Crippen LogP contribution >= 0.6 is 34.2 Å². The summed E-state index contributed by atoms with van der Waals surface area (Å²) in [5, 5.41) is 10.9. The molecule has 0 saturated carbocycles. The maximum Gasteiger partial charge on any atom is 0.288 e. The summed E-state index contributed by atoms with van der Waals surface area (Å²) in [5.74, 6) is 0. The molecule has 0 atom stereocenters. The van der Waals surface area contributed by atoms with E-state index in [-0.39, 0.29) is 22.8 Å². The molecule has 8 heteroatoms. The Labute approximate surface area is 132 Å². The van der Waals surface area contributed by atoms with E-state index in [0.29, 0.717) is 14.8 Å². The Hall–Kier alpha value is -1.48. The molecule has 0 N–H and O–H groups in total. The summed E-state index contributed by atoms with van der Waals surface area (Å²) in [5.41, 5.74) is 0.932. The summed E-state index contributed by atoms with van der Waals surface area (Å²) in [6.45, 7) is 1.96. The molecule has 20 heavy (non-hydrogen) atoms. The Morgan fingerprint density at radius 3 is 2.85 bits per heavy atom. The van der Waals surface area contributed by atoms with Crippen molar-refractivity contribution in [2.24, 2.45) is 0 Å². The lowest BCUT2D eigenvalue weighted by molar-refractivity contribution is -0.384. The lowest BCUT2D eigenvalue weighted by Gasteiger charge is -2.07. The van der Waals surface area contributed by atoms with Crippen LogP contribution in [0.25, 0.3) is 0 Å². The average Bonchev–Trinajstić information content (AvgIpc) is 2.41. The smallest absolute Gasteiger partial charge is 0.288 e. The van der Waals surface area contributed by atoms with Gasteiger partial charge in [-0.25, -0.2) is 4.98 Å². The van der Waals surface area contributed by atoms with Gasteiger partial charge in [0.2, 0.25) is 0 Å². The van der Waals surface area contributed by atoms with Crippen LogP contribution in [0.5, 0.6) is 0 Å². The Morgan fingerprint density at radius 2 is 2.20 bits per heavy atom. The van der Waals surface area contributed by atoms with Crippen LogP contribution in [0.1, 0.15) is 11.3 Å². The largest absolute Gasteiger partial charge is 0.294 e. The van der Waals surface area contributed by atoms with Gasteiger partial charge in [0.1, 0.15) is 5.02 Å². The van der Waals surface area contributed by atoms with Crippen molar-refractivity contribution in [3.8, 4) is 0 Å². The number of nitro groups is 1. The van der Waals surface area contributed by atoms with Gasteiger partial charge in [0, 0.05) is 6.07 Å². The number of aromatic nitrogens is 2. The summed E-state index contributed by atoms with van der Waals surface area (Å²) < 4.78 is 1.94. The molecule has 0 fully saturated rings. The molecule has 0 unspecified atom stereocenters. The molecule has 1 aromatic heterocycles. The van der Waals surface area contributed by atoms with Gasteiger partial charge in [-0.1, -0.05) is 17.7 Å². The highest BCUT2D eigenvalue weighted by atomic mass is 127. The third kappa shape index (κ3) is 2.98. The third-order valence-electron chi connectivity index (χ3n) is 2.72. The van der Waals surface area contributed by atoms with Gasteiger partial charge < -0.3 is 0 Å². The van der Waals surface area contributed by atoms with Crippen molar-refractivity contribution in [3.05, 3.63) is 64.8 Å². The highest BCUT2D eigenvalue weighted by Crippen LogP contribution is 2.25. The van der Waals surface area contributed by atoms with Crippen molar-refractivity contribution in [2.75, 3.05) is 0 Å². The number of nitro benzene ring substituents is 1. The molecule has 0 saturated heterocycles. The van der Waals surface area contributed by atoms with Crippen molar-refractivity contribution in [3.63, 3.8) is 0 Å². The molecule has 1 heterocycles. The summed E-state index contributed by atoms with van der Waals surface area (Å²) >= 11 is 7.68. The predicted molar refractivity (Wildman–Crippen MR) is 83.2 cm³/mol. The van der Waals surface area contributed by atoms with Crippen LogP contribution in [-0.2, 0) is 6.54 Å². The van der Waals surface area contributed by atoms with E-state index in [4.69, 9.17) is 11.6 Å². The molecule has 0 spiro atoms. The van der Waals surface area contributed by atoms with E-state index in [9.17, 15) is 14.9 Å². The number of hydrogen-bond acceptors (Lipinski definition) is 4. The second-order valence-corrected chi connectivity index (χ2v) is 5.61. The summed E-state index contributed by atoms with van der Waals surface area (Å²) in [7, 11) is 0. The first kappa shape index (κ1) is 14.9. The molecule has 6 nitrogen and oxygen atoms in total. The molecule has 0 amide bonds. The van der Waals surface area contributed by atoms with Gasteiger partial charge in [-0.05, 0) is 41.1 Å². The standard InChI is InChI=1S/C12H9ClIN3O3/c1-7-11(14)12(18)16(6-15-7)5-8-2-3-9(13)10(4-8)17(19)20/h2-4,6H,5H2,1H3. The first-order chi connectivity index (χ1) is 9.40. The minimum atomic E-state index is -0.550. The van der Waals surface area contributed by atoms with Crippen molar-refractivity contribution >= 4 is 39.9 Å². The zero-order valence-electron chi connectivity index (χ0n) is 10.3. The van der Waals surface area contributed by atoms with Crippen LogP contribution in [0.4, 0.5) is 5.69 Å². The first-order valence-corrected chi connectivity index (χ1v) is 7.00. The number of aryl methyl sites for hydroxylation is 1. The van der Waals surface area contributed by atoms with E-state index in [1.807, 2.05) is 22.6 Å². The predicted octanol–water partition coefficient (Wildman–Crippen LogP) is 2.77. The van der Waals surface area contributed by atoms with Crippen LogP contribution in [0.2, 0.25) is 5.02 Å². The Balaban J connectivity index is 2.41. The van der Waals surface area contributed by atoms with Gasteiger partial charge in [-0.2, -0.15) is 0 Å². The average molecular weight is 406 g/mol. The molecule has 0 aliphatic carbocycles. The minimum absolute atomic E-state index is 0.0720. The topological polar surface area (TPSA) is 78.0 Å². The fourth-order valence-electron chi connectivity index (χ4n) is 1.65. The lowest BCUT2D eigenvalue weighted by Crippen LogP contribution is -2.24. The van der Waals surface area contributed by atoms with Crippen LogP contribution < -0.4 is 5.56 Å². The van der Waals surface area contributed by atoms with Crippen LogP contribution in [0.15, 0.2) is 29.3 Å². The number of benzene rings is 1. The van der Waals surface area contributed by atoms with Crippen molar-refractivity contribution in [1.82, 2.24) is 9.55 Å². The van der Waals surface area contributed by atoms with Gasteiger partial charge in [-0.15, -0.1) is 0 Å². The highest BCUT2D eigenvalue weighted by Gasteiger charge is 2.13. The second kappa shape index (κ2) is 5.88. The van der Waals surface area contributed by atoms with Crippen LogP contribution in [0.3, 0.4) is 0 Å². The maximum atomic E-state index is 12.0. The van der Waals surface area contributed by atoms with Crippen LogP contribution in [-0.4, -0.2) is 14.5 Å².